The third kappa shape index (κ3) is 3.94. The molecule has 142 valence electrons. The first kappa shape index (κ1) is 17.9. The highest BCUT2D eigenvalue weighted by molar-refractivity contribution is 5.90. The second-order valence-electron chi connectivity index (χ2n) is 7.20. The Balaban J connectivity index is 1.32. The van der Waals surface area contributed by atoms with E-state index in [1.165, 1.54) is 29.5 Å². The van der Waals surface area contributed by atoms with E-state index in [9.17, 15) is 5.11 Å². The molecule has 0 saturated heterocycles. The number of aromatic nitrogens is 1. The molecule has 0 saturated carbocycles. The monoisotopic (exact) mass is 365 g/mol. The smallest absolute Gasteiger partial charge is 0.144 e. The zero-order valence-electron chi connectivity index (χ0n) is 15.5. The van der Waals surface area contributed by atoms with Gasteiger partial charge < -0.3 is 25.9 Å². The van der Waals surface area contributed by atoms with E-state index in [0.717, 1.165) is 23.9 Å². The van der Waals surface area contributed by atoms with Crippen molar-refractivity contribution in [2.24, 2.45) is 0 Å². The first-order valence-corrected chi connectivity index (χ1v) is 9.72. The summed E-state index contributed by atoms with van der Waals surface area (Å²) in [6, 6.07) is 13.7. The second-order valence-corrected chi connectivity index (χ2v) is 7.20. The lowest BCUT2D eigenvalue weighted by molar-refractivity contribution is 0.172. The van der Waals surface area contributed by atoms with Gasteiger partial charge in [-0.05, 0) is 42.9 Å². The Morgan fingerprint density at radius 3 is 2.81 bits per heavy atom. The van der Waals surface area contributed by atoms with E-state index in [4.69, 9.17) is 10.5 Å². The van der Waals surface area contributed by atoms with Crippen molar-refractivity contribution < 1.29 is 9.84 Å². The van der Waals surface area contributed by atoms with Gasteiger partial charge in [0, 0.05) is 35.8 Å². The predicted molar refractivity (Wildman–Crippen MR) is 109 cm³/mol. The highest BCUT2D eigenvalue weighted by atomic mass is 16.5. The van der Waals surface area contributed by atoms with Crippen LogP contribution in [0.1, 0.15) is 35.8 Å². The van der Waals surface area contributed by atoms with Crippen LogP contribution < -0.4 is 15.8 Å². The van der Waals surface area contributed by atoms with Crippen molar-refractivity contribution in [2.75, 3.05) is 25.4 Å². The normalized spacial score (nSPS) is 14.9. The van der Waals surface area contributed by atoms with Crippen molar-refractivity contribution in [2.45, 2.75) is 31.8 Å². The number of fused-ring (bicyclic) bond motifs is 3. The Kier molecular flexibility index (Phi) is 5.32. The van der Waals surface area contributed by atoms with Crippen LogP contribution in [0.5, 0.6) is 5.75 Å². The van der Waals surface area contributed by atoms with Crippen LogP contribution in [0.2, 0.25) is 0 Å². The number of hydrogen-bond acceptors (Lipinski definition) is 4. The summed E-state index contributed by atoms with van der Waals surface area (Å²) in [6.07, 6.45) is 4.23. The standard InChI is InChI=1S/C22H27N3O2/c23-18-12-17-16-8-4-5-9-19(16)25-20(17)13-22(18)27-11-10-24-14-21(26)15-6-2-1-3-7-15/h1-3,6-7,12-13,21,24-26H,4-5,8-11,14,23H2. The number of nitrogens with two attached hydrogens (primary N) is 1. The number of anilines is 1. The summed E-state index contributed by atoms with van der Waals surface area (Å²) in [6.45, 7) is 1.63. The zero-order chi connectivity index (χ0) is 18.6. The zero-order valence-corrected chi connectivity index (χ0v) is 15.5. The Bertz CT molecular complexity index is 905. The van der Waals surface area contributed by atoms with Crippen molar-refractivity contribution >= 4 is 16.6 Å². The molecule has 5 nitrogen and oxygen atoms in total. The van der Waals surface area contributed by atoms with Gasteiger partial charge in [-0.3, -0.25) is 0 Å². The van der Waals surface area contributed by atoms with Gasteiger partial charge in [-0.15, -0.1) is 0 Å². The highest BCUT2D eigenvalue weighted by Gasteiger charge is 2.17. The summed E-state index contributed by atoms with van der Waals surface area (Å²) in [5.41, 5.74) is 11.7. The fourth-order valence-electron chi connectivity index (χ4n) is 3.84. The van der Waals surface area contributed by atoms with Crippen molar-refractivity contribution in [1.82, 2.24) is 10.3 Å². The lowest BCUT2D eigenvalue weighted by Crippen LogP contribution is -2.26. The van der Waals surface area contributed by atoms with E-state index in [-0.39, 0.29) is 0 Å². The van der Waals surface area contributed by atoms with Gasteiger partial charge in [0.05, 0.1) is 11.8 Å². The van der Waals surface area contributed by atoms with Gasteiger partial charge in [-0.2, -0.15) is 0 Å². The van der Waals surface area contributed by atoms with Gasteiger partial charge in [-0.1, -0.05) is 30.3 Å². The summed E-state index contributed by atoms with van der Waals surface area (Å²) >= 11 is 0. The van der Waals surface area contributed by atoms with Crippen molar-refractivity contribution in [3.8, 4) is 5.75 Å². The molecule has 5 N–H and O–H groups in total. The van der Waals surface area contributed by atoms with Gasteiger partial charge in [0.15, 0.2) is 0 Å². The molecule has 1 aromatic heterocycles. The SMILES string of the molecule is Nc1cc2c3c([nH]c2cc1OCCNCC(O)c1ccccc1)CCCC3. The molecule has 1 unspecified atom stereocenters. The molecule has 1 atom stereocenters. The fraction of sp³-hybridized carbons (Fsp3) is 0.364. The molecule has 0 fully saturated rings. The van der Waals surface area contributed by atoms with Crippen LogP contribution >= 0.6 is 0 Å². The summed E-state index contributed by atoms with van der Waals surface area (Å²) in [7, 11) is 0. The molecular formula is C22H27N3O2. The Labute approximate surface area is 159 Å². The fourth-order valence-corrected chi connectivity index (χ4v) is 3.84. The minimum Gasteiger partial charge on any atom is -0.490 e. The van der Waals surface area contributed by atoms with Crippen LogP contribution in [0.3, 0.4) is 0 Å². The Hall–Kier alpha value is -2.50. The molecule has 5 heteroatoms. The lowest BCUT2D eigenvalue weighted by Gasteiger charge is -2.13. The molecule has 0 aliphatic heterocycles. The number of nitrogen functional groups attached to an aromatic ring is 1. The van der Waals surface area contributed by atoms with Gasteiger partial charge >= 0.3 is 0 Å². The van der Waals surface area contributed by atoms with Gasteiger partial charge in [0.2, 0.25) is 0 Å². The molecule has 1 aliphatic rings. The van der Waals surface area contributed by atoms with Crippen LogP contribution in [0, 0.1) is 0 Å². The highest BCUT2D eigenvalue weighted by Crippen LogP contribution is 2.34. The summed E-state index contributed by atoms with van der Waals surface area (Å²) < 4.78 is 5.88. The van der Waals surface area contributed by atoms with E-state index in [1.807, 2.05) is 42.5 Å². The minimum atomic E-state index is -0.516. The summed E-state index contributed by atoms with van der Waals surface area (Å²) in [5, 5.41) is 14.6. The summed E-state index contributed by atoms with van der Waals surface area (Å²) in [4.78, 5) is 3.53. The molecule has 27 heavy (non-hydrogen) atoms. The van der Waals surface area contributed by atoms with Gasteiger partial charge in [0.1, 0.15) is 12.4 Å². The number of rotatable bonds is 7. The molecule has 0 amide bonds. The number of nitrogens with one attached hydrogen (secondary N) is 2. The quantitative estimate of drug-likeness (QED) is 0.382. The number of ether oxygens (including phenoxy) is 1. The van der Waals surface area contributed by atoms with Gasteiger partial charge in [0.25, 0.3) is 0 Å². The maximum atomic E-state index is 10.2. The maximum Gasteiger partial charge on any atom is 0.144 e. The van der Waals surface area contributed by atoms with E-state index in [1.54, 1.807) is 0 Å². The van der Waals surface area contributed by atoms with E-state index in [0.29, 0.717) is 31.1 Å². The van der Waals surface area contributed by atoms with E-state index < -0.39 is 6.10 Å². The van der Waals surface area contributed by atoms with E-state index in [2.05, 4.69) is 10.3 Å². The number of H-pyrrole nitrogens is 1. The van der Waals surface area contributed by atoms with E-state index >= 15 is 0 Å². The number of aliphatic hydroxyl groups is 1. The van der Waals surface area contributed by atoms with Crippen molar-refractivity contribution in [1.29, 1.82) is 0 Å². The molecule has 1 heterocycles. The third-order valence-electron chi connectivity index (χ3n) is 5.29. The Morgan fingerprint density at radius 2 is 1.96 bits per heavy atom. The van der Waals surface area contributed by atoms with Crippen LogP contribution in [0.4, 0.5) is 5.69 Å². The molecular weight excluding hydrogens is 338 g/mol. The molecule has 3 aromatic rings. The summed E-state index contributed by atoms with van der Waals surface area (Å²) in [5.74, 6) is 0.714. The van der Waals surface area contributed by atoms with Crippen LogP contribution in [0.15, 0.2) is 42.5 Å². The number of aryl methyl sites for hydroxylation is 2. The van der Waals surface area contributed by atoms with Gasteiger partial charge in [-0.25, -0.2) is 0 Å². The molecule has 1 aliphatic carbocycles. The average molecular weight is 365 g/mol. The van der Waals surface area contributed by atoms with Crippen LogP contribution in [0.25, 0.3) is 10.9 Å². The average Bonchev–Trinajstić information content (AvgIpc) is 3.05. The largest absolute Gasteiger partial charge is 0.490 e. The first-order chi connectivity index (χ1) is 13.2. The Morgan fingerprint density at radius 1 is 1.15 bits per heavy atom. The number of aliphatic hydroxyl groups excluding tert-OH is 1. The second kappa shape index (κ2) is 8.03. The third-order valence-corrected chi connectivity index (χ3v) is 5.29. The topological polar surface area (TPSA) is 83.3 Å². The minimum absolute atomic E-state index is 0.491. The molecule has 0 radical (unpaired) electrons. The van der Waals surface area contributed by atoms with Crippen molar-refractivity contribution in [3.63, 3.8) is 0 Å². The molecule has 0 spiro atoms. The maximum absolute atomic E-state index is 10.2. The molecule has 2 aromatic carbocycles. The number of benzene rings is 2. The van der Waals surface area contributed by atoms with Crippen LogP contribution in [-0.2, 0) is 12.8 Å². The first-order valence-electron chi connectivity index (χ1n) is 9.72. The molecule has 4 rings (SSSR count). The van der Waals surface area contributed by atoms with Crippen LogP contribution in [-0.4, -0.2) is 29.8 Å². The predicted octanol–water partition coefficient (Wildman–Crippen LogP) is 3.33. The van der Waals surface area contributed by atoms with Crippen molar-refractivity contribution in [3.05, 3.63) is 59.3 Å². The molecule has 0 bridgehead atoms. The number of hydrogen-bond donors (Lipinski definition) is 4. The number of aromatic amines is 1. The lowest BCUT2D eigenvalue weighted by atomic mass is 9.95.